The summed E-state index contributed by atoms with van der Waals surface area (Å²) >= 11 is 5.53. The first-order chi connectivity index (χ1) is 5.79. The van der Waals surface area contributed by atoms with E-state index in [1.54, 1.807) is 12.3 Å². The third-order valence-corrected chi connectivity index (χ3v) is 2.36. The highest BCUT2D eigenvalue weighted by Gasteiger charge is 2.23. The van der Waals surface area contributed by atoms with Crippen molar-refractivity contribution in [3.8, 4) is 0 Å². The van der Waals surface area contributed by atoms with E-state index in [2.05, 4.69) is 10.3 Å². The molecule has 1 aliphatic heterocycles. The summed E-state index contributed by atoms with van der Waals surface area (Å²) in [5, 5.41) is 3.05. The first kappa shape index (κ1) is 7.95. The fourth-order valence-electron chi connectivity index (χ4n) is 1.26. The molecule has 0 bridgehead atoms. The maximum Gasteiger partial charge on any atom is 0.165 e. The lowest BCUT2D eigenvalue weighted by molar-refractivity contribution is 0.430. The summed E-state index contributed by atoms with van der Waals surface area (Å²) in [6, 6.07) is 1.69. The standard InChI is InChI=1S/C8H8ClFN2/c9-8-7(10)6(1-2-12-8)5-3-11-4-5/h1-2,5,11H,3-4H2. The minimum absolute atomic E-state index is 0.0283. The van der Waals surface area contributed by atoms with Gasteiger partial charge in [-0.2, -0.15) is 0 Å². The second-order valence-corrected chi connectivity index (χ2v) is 3.22. The van der Waals surface area contributed by atoms with Gasteiger partial charge < -0.3 is 5.32 Å². The van der Waals surface area contributed by atoms with Gasteiger partial charge in [-0.3, -0.25) is 0 Å². The third kappa shape index (κ3) is 1.19. The number of nitrogens with zero attached hydrogens (tertiary/aromatic N) is 1. The van der Waals surface area contributed by atoms with Gasteiger partial charge in [0, 0.05) is 25.2 Å². The van der Waals surface area contributed by atoms with Crippen molar-refractivity contribution in [2.75, 3.05) is 13.1 Å². The molecule has 4 heteroatoms. The Hall–Kier alpha value is -0.670. The van der Waals surface area contributed by atoms with Gasteiger partial charge in [-0.15, -0.1) is 0 Å². The summed E-state index contributed by atoms with van der Waals surface area (Å²) in [5.74, 6) is -0.101. The van der Waals surface area contributed by atoms with Gasteiger partial charge in [0.1, 0.15) is 0 Å². The second kappa shape index (κ2) is 2.99. The van der Waals surface area contributed by atoms with Gasteiger partial charge >= 0.3 is 0 Å². The Morgan fingerprint density at radius 1 is 1.58 bits per heavy atom. The minimum atomic E-state index is -0.370. The van der Waals surface area contributed by atoms with Crippen LogP contribution < -0.4 is 5.32 Å². The first-order valence-corrected chi connectivity index (χ1v) is 4.17. The zero-order valence-electron chi connectivity index (χ0n) is 6.35. The zero-order chi connectivity index (χ0) is 8.55. The number of nitrogens with one attached hydrogen (secondary N) is 1. The molecule has 12 heavy (non-hydrogen) atoms. The molecule has 0 radical (unpaired) electrons. The first-order valence-electron chi connectivity index (χ1n) is 3.79. The van der Waals surface area contributed by atoms with Crippen molar-refractivity contribution < 1.29 is 4.39 Å². The van der Waals surface area contributed by atoms with E-state index in [1.165, 1.54) is 0 Å². The Labute approximate surface area is 74.8 Å². The topological polar surface area (TPSA) is 24.9 Å². The minimum Gasteiger partial charge on any atom is -0.315 e. The van der Waals surface area contributed by atoms with Crippen molar-refractivity contribution >= 4 is 11.6 Å². The predicted octanol–water partition coefficient (Wildman–Crippen LogP) is 1.56. The van der Waals surface area contributed by atoms with Crippen molar-refractivity contribution in [1.82, 2.24) is 10.3 Å². The lowest BCUT2D eigenvalue weighted by atomic mass is 9.94. The largest absolute Gasteiger partial charge is 0.315 e. The molecule has 1 saturated heterocycles. The molecule has 0 saturated carbocycles. The van der Waals surface area contributed by atoms with Crippen LogP contribution in [-0.4, -0.2) is 18.1 Å². The van der Waals surface area contributed by atoms with Crippen LogP contribution in [0.2, 0.25) is 5.15 Å². The Kier molecular flexibility index (Phi) is 1.98. The molecule has 1 aromatic rings. The van der Waals surface area contributed by atoms with E-state index < -0.39 is 0 Å². The van der Waals surface area contributed by atoms with Gasteiger partial charge in [0.2, 0.25) is 0 Å². The van der Waals surface area contributed by atoms with Gasteiger partial charge in [-0.25, -0.2) is 9.37 Å². The second-order valence-electron chi connectivity index (χ2n) is 2.86. The van der Waals surface area contributed by atoms with E-state index >= 15 is 0 Å². The summed E-state index contributed by atoms with van der Waals surface area (Å²) in [5.41, 5.74) is 0.675. The normalized spacial score (nSPS) is 17.5. The summed E-state index contributed by atoms with van der Waals surface area (Å²) in [6.07, 6.45) is 1.54. The zero-order valence-corrected chi connectivity index (χ0v) is 7.11. The number of halogens is 2. The average molecular weight is 187 g/mol. The third-order valence-electron chi connectivity index (χ3n) is 2.10. The SMILES string of the molecule is Fc1c(C2CNC2)ccnc1Cl. The quantitative estimate of drug-likeness (QED) is 0.674. The van der Waals surface area contributed by atoms with E-state index in [-0.39, 0.29) is 16.9 Å². The summed E-state index contributed by atoms with van der Waals surface area (Å²) in [7, 11) is 0. The van der Waals surface area contributed by atoms with Crippen LogP contribution in [0.25, 0.3) is 0 Å². The van der Waals surface area contributed by atoms with Crippen LogP contribution in [0.15, 0.2) is 12.3 Å². The number of hydrogen-bond acceptors (Lipinski definition) is 2. The van der Waals surface area contributed by atoms with Crippen molar-refractivity contribution in [1.29, 1.82) is 0 Å². The number of aromatic nitrogens is 1. The van der Waals surface area contributed by atoms with Crippen LogP contribution in [0, 0.1) is 5.82 Å². The molecule has 0 atom stereocenters. The van der Waals surface area contributed by atoms with E-state index in [9.17, 15) is 4.39 Å². The van der Waals surface area contributed by atoms with E-state index in [0.29, 0.717) is 5.56 Å². The van der Waals surface area contributed by atoms with Crippen LogP contribution in [-0.2, 0) is 0 Å². The molecule has 0 spiro atoms. The molecule has 1 N–H and O–H groups in total. The molecule has 0 unspecified atom stereocenters. The lowest BCUT2D eigenvalue weighted by Gasteiger charge is -2.27. The van der Waals surface area contributed by atoms with Gasteiger partial charge in [0.05, 0.1) is 0 Å². The summed E-state index contributed by atoms with van der Waals surface area (Å²) < 4.78 is 13.3. The van der Waals surface area contributed by atoms with Crippen molar-refractivity contribution in [2.24, 2.45) is 0 Å². The van der Waals surface area contributed by atoms with Crippen LogP contribution >= 0.6 is 11.6 Å². The van der Waals surface area contributed by atoms with Crippen LogP contribution in [0.4, 0.5) is 4.39 Å². The molecule has 1 fully saturated rings. The highest BCUT2D eigenvalue weighted by atomic mass is 35.5. The van der Waals surface area contributed by atoms with Crippen molar-refractivity contribution in [3.63, 3.8) is 0 Å². The van der Waals surface area contributed by atoms with Crippen molar-refractivity contribution in [2.45, 2.75) is 5.92 Å². The fourth-order valence-corrected chi connectivity index (χ4v) is 1.42. The molecule has 0 aromatic carbocycles. The highest BCUT2D eigenvalue weighted by Crippen LogP contribution is 2.25. The smallest absolute Gasteiger partial charge is 0.165 e. The molecule has 2 nitrogen and oxygen atoms in total. The van der Waals surface area contributed by atoms with Gasteiger partial charge in [-0.1, -0.05) is 11.6 Å². The average Bonchev–Trinajstić information content (AvgIpc) is 1.95. The summed E-state index contributed by atoms with van der Waals surface area (Å²) in [4.78, 5) is 3.65. The molecule has 0 amide bonds. The molecular weight excluding hydrogens is 179 g/mol. The number of pyridine rings is 1. The Bertz CT molecular complexity index is 299. The molecule has 64 valence electrons. The summed E-state index contributed by atoms with van der Waals surface area (Å²) in [6.45, 7) is 1.66. The molecule has 2 rings (SSSR count). The van der Waals surface area contributed by atoms with E-state index in [1.807, 2.05) is 0 Å². The number of rotatable bonds is 1. The van der Waals surface area contributed by atoms with Crippen LogP contribution in [0.5, 0.6) is 0 Å². The molecule has 1 aliphatic rings. The highest BCUT2D eigenvalue weighted by molar-refractivity contribution is 6.29. The van der Waals surface area contributed by atoms with Gasteiger partial charge in [-0.05, 0) is 11.6 Å². The maximum absolute atomic E-state index is 13.3. The molecule has 1 aromatic heterocycles. The van der Waals surface area contributed by atoms with Crippen LogP contribution in [0.1, 0.15) is 11.5 Å². The molecule has 2 heterocycles. The molecule has 0 aliphatic carbocycles. The van der Waals surface area contributed by atoms with E-state index in [4.69, 9.17) is 11.6 Å². The maximum atomic E-state index is 13.3. The Morgan fingerprint density at radius 2 is 2.33 bits per heavy atom. The molecular formula is C8H8ClFN2. The number of hydrogen-bond donors (Lipinski definition) is 1. The Morgan fingerprint density at radius 3 is 2.92 bits per heavy atom. The van der Waals surface area contributed by atoms with Crippen LogP contribution in [0.3, 0.4) is 0 Å². The lowest BCUT2D eigenvalue weighted by Crippen LogP contribution is -2.40. The predicted molar refractivity (Wildman–Crippen MR) is 44.8 cm³/mol. The van der Waals surface area contributed by atoms with Gasteiger partial charge in [0.15, 0.2) is 11.0 Å². The Balaban J connectivity index is 2.36. The fraction of sp³-hybridized carbons (Fsp3) is 0.375. The van der Waals surface area contributed by atoms with Crippen molar-refractivity contribution in [3.05, 3.63) is 28.8 Å². The van der Waals surface area contributed by atoms with E-state index in [0.717, 1.165) is 13.1 Å². The monoisotopic (exact) mass is 186 g/mol. The van der Waals surface area contributed by atoms with Gasteiger partial charge in [0.25, 0.3) is 0 Å².